The lowest BCUT2D eigenvalue weighted by molar-refractivity contribution is -0.117. The van der Waals surface area contributed by atoms with E-state index in [0.717, 1.165) is 0 Å². The van der Waals surface area contributed by atoms with Crippen molar-refractivity contribution < 1.29 is 9.18 Å². The third-order valence-electron chi connectivity index (χ3n) is 4.12. The number of hydrogen-bond donors (Lipinski definition) is 1. The maximum absolute atomic E-state index is 14.2. The highest BCUT2D eigenvalue weighted by Gasteiger charge is 2.18. The number of para-hydroxylation sites is 1. The van der Waals surface area contributed by atoms with Gasteiger partial charge in [0.05, 0.1) is 22.3 Å². The van der Waals surface area contributed by atoms with E-state index >= 15 is 0 Å². The van der Waals surface area contributed by atoms with E-state index in [9.17, 15) is 14.0 Å². The number of carbonyl (C=O) groups excluding carboxylic acids is 1. The van der Waals surface area contributed by atoms with Gasteiger partial charge in [-0.05, 0) is 42.7 Å². The van der Waals surface area contributed by atoms with E-state index in [1.807, 2.05) is 26.8 Å². The fourth-order valence-electron chi connectivity index (χ4n) is 2.97. The van der Waals surface area contributed by atoms with Crippen LogP contribution in [0.15, 0.2) is 47.3 Å². The Labute approximate surface area is 156 Å². The lowest BCUT2D eigenvalue weighted by atomic mass is 9.92. The molecule has 0 fully saturated rings. The number of nitrogens with zero attached hydrogens (tertiary/aromatic N) is 2. The van der Waals surface area contributed by atoms with E-state index in [2.05, 4.69) is 10.3 Å². The Bertz CT molecular complexity index is 1080. The minimum Gasteiger partial charge on any atom is -0.324 e. The van der Waals surface area contributed by atoms with Gasteiger partial charge in [-0.3, -0.25) is 14.2 Å². The molecule has 1 amide bonds. The normalized spacial score (nSPS) is 11.6. The predicted molar refractivity (Wildman–Crippen MR) is 105 cm³/mol. The zero-order valence-electron chi connectivity index (χ0n) is 15.8. The molecule has 0 aliphatic carbocycles. The molecule has 0 radical (unpaired) electrons. The largest absolute Gasteiger partial charge is 0.324 e. The van der Waals surface area contributed by atoms with Crippen LogP contribution in [0.5, 0.6) is 0 Å². The topological polar surface area (TPSA) is 64.0 Å². The maximum atomic E-state index is 14.2. The van der Waals surface area contributed by atoms with Crippen molar-refractivity contribution in [2.75, 3.05) is 5.32 Å². The summed E-state index contributed by atoms with van der Waals surface area (Å²) in [6.45, 7) is 7.52. The summed E-state index contributed by atoms with van der Waals surface area (Å²) in [6, 6.07) is 11.3. The zero-order valence-corrected chi connectivity index (χ0v) is 15.8. The molecule has 1 aromatic heterocycles. The number of rotatable bonds is 3. The second-order valence-corrected chi connectivity index (χ2v) is 7.77. The Morgan fingerprint density at radius 3 is 2.59 bits per heavy atom. The van der Waals surface area contributed by atoms with Gasteiger partial charge in [0.2, 0.25) is 5.91 Å². The van der Waals surface area contributed by atoms with E-state index in [-0.39, 0.29) is 29.0 Å². The lowest BCUT2D eigenvalue weighted by Gasteiger charge is -2.18. The first-order valence-electron chi connectivity index (χ1n) is 8.74. The van der Waals surface area contributed by atoms with Crippen LogP contribution in [0.4, 0.5) is 10.1 Å². The molecule has 140 valence electrons. The molecule has 0 atom stereocenters. The Hall–Kier alpha value is -3.02. The summed E-state index contributed by atoms with van der Waals surface area (Å²) in [5.41, 5.74) is 0.645. The quantitative estimate of drug-likeness (QED) is 0.754. The summed E-state index contributed by atoms with van der Waals surface area (Å²) in [7, 11) is 0. The number of hydrogen-bond acceptors (Lipinski definition) is 3. The zero-order chi connectivity index (χ0) is 19.8. The molecule has 0 saturated heterocycles. The van der Waals surface area contributed by atoms with Crippen molar-refractivity contribution in [3.63, 3.8) is 0 Å². The molecule has 27 heavy (non-hydrogen) atoms. The molecule has 0 saturated carbocycles. The van der Waals surface area contributed by atoms with Crippen LogP contribution < -0.4 is 10.9 Å². The van der Waals surface area contributed by atoms with Gasteiger partial charge < -0.3 is 5.32 Å². The van der Waals surface area contributed by atoms with Crippen LogP contribution >= 0.6 is 0 Å². The Morgan fingerprint density at radius 2 is 1.89 bits per heavy atom. The van der Waals surface area contributed by atoms with Crippen molar-refractivity contribution in [2.24, 2.45) is 5.41 Å². The van der Waals surface area contributed by atoms with Crippen LogP contribution in [0.3, 0.4) is 0 Å². The highest BCUT2D eigenvalue weighted by atomic mass is 19.1. The van der Waals surface area contributed by atoms with Gasteiger partial charge in [0.1, 0.15) is 11.6 Å². The second-order valence-electron chi connectivity index (χ2n) is 7.77. The Morgan fingerprint density at radius 1 is 1.19 bits per heavy atom. The van der Waals surface area contributed by atoms with E-state index in [0.29, 0.717) is 22.4 Å². The summed E-state index contributed by atoms with van der Waals surface area (Å²) < 4.78 is 15.6. The third kappa shape index (κ3) is 4.05. The molecule has 0 aliphatic heterocycles. The molecule has 0 spiro atoms. The number of aromatic nitrogens is 2. The van der Waals surface area contributed by atoms with Crippen LogP contribution in [0.1, 0.15) is 33.0 Å². The van der Waals surface area contributed by atoms with Crippen LogP contribution in [-0.4, -0.2) is 15.5 Å². The summed E-state index contributed by atoms with van der Waals surface area (Å²) in [5, 5.41) is 3.08. The average molecular weight is 367 g/mol. The van der Waals surface area contributed by atoms with Crippen LogP contribution in [-0.2, 0) is 4.79 Å². The molecule has 0 bridgehead atoms. The first-order chi connectivity index (χ1) is 12.7. The molecular weight excluding hydrogens is 345 g/mol. The minimum absolute atomic E-state index is 0.0428. The Balaban J connectivity index is 2.05. The second kappa shape index (κ2) is 6.95. The number of benzene rings is 2. The summed E-state index contributed by atoms with van der Waals surface area (Å²) in [6.07, 6.45) is 0.257. The van der Waals surface area contributed by atoms with Gasteiger partial charge in [-0.15, -0.1) is 0 Å². The number of halogens is 1. The fraction of sp³-hybridized carbons (Fsp3) is 0.286. The van der Waals surface area contributed by atoms with Gasteiger partial charge in [0.15, 0.2) is 0 Å². The van der Waals surface area contributed by atoms with Crippen molar-refractivity contribution in [2.45, 2.75) is 34.1 Å². The maximum Gasteiger partial charge on any atom is 0.265 e. The number of anilines is 1. The Kier molecular flexibility index (Phi) is 4.83. The molecule has 0 aliphatic rings. The van der Waals surface area contributed by atoms with Crippen molar-refractivity contribution in [1.29, 1.82) is 0 Å². The minimum atomic E-state index is -0.555. The number of aryl methyl sites for hydroxylation is 1. The SMILES string of the molecule is Cc1nc2ccccc2c(=O)n1-c1ccc(F)c(NC(=O)CC(C)(C)C)c1. The lowest BCUT2D eigenvalue weighted by Crippen LogP contribution is -2.23. The molecule has 1 N–H and O–H groups in total. The summed E-state index contributed by atoms with van der Waals surface area (Å²) in [5.74, 6) is -0.350. The van der Waals surface area contributed by atoms with Gasteiger partial charge in [0, 0.05) is 6.42 Å². The van der Waals surface area contributed by atoms with E-state index in [4.69, 9.17) is 0 Å². The molecule has 3 rings (SSSR count). The smallest absolute Gasteiger partial charge is 0.265 e. The number of amides is 1. The van der Waals surface area contributed by atoms with E-state index in [1.165, 1.54) is 22.8 Å². The van der Waals surface area contributed by atoms with Crippen molar-refractivity contribution in [3.05, 3.63) is 64.5 Å². The standard InChI is InChI=1S/C21H22FN3O2/c1-13-23-17-8-6-5-7-15(17)20(27)25(13)14-9-10-16(22)18(11-14)24-19(26)12-21(2,3)4/h5-11H,12H2,1-4H3,(H,24,26). The molecule has 3 aromatic rings. The van der Waals surface area contributed by atoms with E-state index < -0.39 is 5.82 Å². The highest BCUT2D eigenvalue weighted by molar-refractivity contribution is 5.91. The van der Waals surface area contributed by atoms with Crippen molar-refractivity contribution >= 4 is 22.5 Å². The van der Waals surface area contributed by atoms with Crippen LogP contribution in [0, 0.1) is 18.2 Å². The molecule has 5 nitrogen and oxygen atoms in total. The first kappa shape index (κ1) is 18.8. The van der Waals surface area contributed by atoms with Crippen molar-refractivity contribution in [1.82, 2.24) is 9.55 Å². The summed E-state index contributed by atoms with van der Waals surface area (Å²) >= 11 is 0. The highest BCUT2D eigenvalue weighted by Crippen LogP contribution is 2.23. The van der Waals surface area contributed by atoms with Crippen LogP contribution in [0.2, 0.25) is 0 Å². The third-order valence-corrected chi connectivity index (χ3v) is 4.12. The van der Waals surface area contributed by atoms with Gasteiger partial charge in [-0.25, -0.2) is 9.37 Å². The summed E-state index contributed by atoms with van der Waals surface area (Å²) in [4.78, 5) is 29.5. The van der Waals surface area contributed by atoms with Crippen molar-refractivity contribution in [3.8, 4) is 5.69 Å². The number of nitrogens with one attached hydrogen (secondary N) is 1. The molecule has 1 heterocycles. The molecule has 2 aromatic carbocycles. The van der Waals surface area contributed by atoms with Gasteiger partial charge in [-0.1, -0.05) is 32.9 Å². The average Bonchev–Trinajstić information content (AvgIpc) is 2.56. The number of carbonyl (C=O) groups is 1. The first-order valence-corrected chi connectivity index (χ1v) is 8.74. The molecule has 0 unspecified atom stereocenters. The monoisotopic (exact) mass is 367 g/mol. The van der Waals surface area contributed by atoms with Gasteiger partial charge in [0.25, 0.3) is 5.56 Å². The van der Waals surface area contributed by atoms with E-state index in [1.54, 1.807) is 25.1 Å². The molecular formula is C21H22FN3O2. The number of fused-ring (bicyclic) bond motifs is 1. The predicted octanol–water partition coefficient (Wildman–Crippen LogP) is 4.21. The molecule has 6 heteroatoms. The van der Waals surface area contributed by atoms with Crippen LogP contribution in [0.25, 0.3) is 16.6 Å². The van der Waals surface area contributed by atoms with Gasteiger partial charge in [-0.2, -0.15) is 0 Å². The van der Waals surface area contributed by atoms with Gasteiger partial charge >= 0.3 is 0 Å². The fourth-order valence-corrected chi connectivity index (χ4v) is 2.97.